The summed E-state index contributed by atoms with van der Waals surface area (Å²) in [5, 5.41) is 23.7. The largest absolute Gasteiger partial charge is 0.396 e. The minimum absolute atomic E-state index is 0.120. The zero-order valence-corrected chi connectivity index (χ0v) is 25.4. The molecule has 6 rings (SSSR count). The van der Waals surface area contributed by atoms with Gasteiger partial charge in [-0.05, 0) is 46.5 Å². The Morgan fingerprint density at radius 2 is 1.07 bits per heavy atom. The highest BCUT2D eigenvalue weighted by Gasteiger charge is 2.18. The lowest BCUT2D eigenvalue weighted by atomic mass is 10.1. The van der Waals surface area contributed by atoms with E-state index in [0.717, 1.165) is 11.1 Å². The Morgan fingerprint density at radius 1 is 0.609 bits per heavy atom. The van der Waals surface area contributed by atoms with E-state index in [4.69, 9.17) is 16.4 Å². The van der Waals surface area contributed by atoms with Gasteiger partial charge in [-0.25, -0.2) is 0 Å². The van der Waals surface area contributed by atoms with Gasteiger partial charge in [-0.15, -0.1) is 14.6 Å². The second kappa shape index (κ2) is 12.9. The van der Waals surface area contributed by atoms with Crippen LogP contribution in [0.3, 0.4) is 0 Å². The summed E-state index contributed by atoms with van der Waals surface area (Å²) in [5.74, 6) is 0.328. The van der Waals surface area contributed by atoms with E-state index in [9.17, 15) is 13.0 Å². The number of benzene rings is 6. The Kier molecular flexibility index (Phi) is 8.61. The fourth-order valence-corrected chi connectivity index (χ4v) is 5.61. The summed E-state index contributed by atoms with van der Waals surface area (Å²) in [6.45, 7) is 0. The summed E-state index contributed by atoms with van der Waals surface area (Å²) in [5.41, 5.74) is 16.7. The number of anilines is 2. The maximum Gasteiger partial charge on any atom is 0.295 e. The zero-order valence-electron chi connectivity index (χ0n) is 23.7. The first-order valence-electron chi connectivity index (χ1n) is 13.5. The summed E-state index contributed by atoms with van der Waals surface area (Å²) < 4.78 is 38.0. The zero-order chi connectivity index (χ0) is 32.3. The van der Waals surface area contributed by atoms with Gasteiger partial charge in [0.05, 0.1) is 22.7 Å². The van der Waals surface area contributed by atoms with Crippen LogP contribution < -0.4 is 16.4 Å². The van der Waals surface area contributed by atoms with Gasteiger partial charge in [0.15, 0.2) is 5.75 Å². The van der Waals surface area contributed by atoms with Gasteiger partial charge in [0.1, 0.15) is 16.3 Å². The number of hydrogen-bond donors (Lipinski definition) is 4. The SMILES string of the molecule is Nc1c(N=Nc2ccc(-c3ccc(N=Nc4cc(S(=O)(=O)O)c5ccccc5c4N)cc3)cc2)cc(OOOS)c2ccccc12. The molecular formula is C32H24N6O6S2. The van der Waals surface area contributed by atoms with Crippen molar-refractivity contribution in [1.29, 1.82) is 0 Å². The molecule has 0 fully saturated rings. The van der Waals surface area contributed by atoms with Gasteiger partial charge >= 0.3 is 0 Å². The predicted molar refractivity (Wildman–Crippen MR) is 179 cm³/mol. The summed E-state index contributed by atoms with van der Waals surface area (Å²) in [6.07, 6.45) is 0. The molecule has 5 N–H and O–H groups in total. The second-order valence-electron chi connectivity index (χ2n) is 9.90. The first kappa shape index (κ1) is 30.6. The molecule has 230 valence electrons. The van der Waals surface area contributed by atoms with Crippen LogP contribution in [0, 0.1) is 0 Å². The van der Waals surface area contributed by atoms with Crippen LogP contribution in [0.25, 0.3) is 32.7 Å². The molecule has 0 atom stereocenters. The van der Waals surface area contributed by atoms with Crippen molar-refractivity contribution in [3.05, 3.63) is 109 Å². The molecule has 0 amide bonds. The average molecular weight is 653 g/mol. The molecule has 0 bridgehead atoms. The number of azo groups is 2. The Morgan fingerprint density at radius 3 is 1.57 bits per heavy atom. The fourth-order valence-electron chi connectivity index (χ4n) is 4.86. The van der Waals surface area contributed by atoms with E-state index >= 15 is 0 Å². The summed E-state index contributed by atoms with van der Waals surface area (Å²) in [6, 6.07) is 31.4. The molecule has 46 heavy (non-hydrogen) atoms. The number of hydrogen-bond acceptors (Lipinski definition) is 12. The van der Waals surface area contributed by atoms with Crippen LogP contribution in [0.15, 0.2) is 135 Å². The van der Waals surface area contributed by atoms with E-state index in [1.807, 2.05) is 60.7 Å². The molecule has 0 aliphatic heterocycles. The second-order valence-corrected chi connectivity index (χ2v) is 11.4. The van der Waals surface area contributed by atoms with Gasteiger partial charge in [0.25, 0.3) is 10.1 Å². The number of nitrogen functional groups attached to an aromatic ring is 2. The molecule has 0 aliphatic rings. The first-order valence-corrected chi connectivity index (χ1v) is 15.3. The predicted octanol–water partition coefficient (Wildman–Crippen LogP) is 8.99. The molecule has 0 saturated carbocycles. The van der Waals surface area contributed by atoms with Crippen molar-refractivity contribution in [3.63, 3.8) is 0 Å². The highest BCUT2D eigenvalue weighted by molar-refractivity contribution is 7.86. The van der Waals surface area contributed by atoms with E-state index in [2.05, 4.69) is 42.7 Å². The van der Waals surface area contributed by atoms with Crippen LogP contribution in [-0.4, -0.2) is 13.0 Å². The number of rotatable bonds is 9. The quantitative estimate of drug-likeness (QED) is 0.0227. The third-order valence-electron chi connectivity index (χ3n) is 7.10. The van der Waals surface area contributed by atoms with Gasteiger partial charge < -0.3 is 16.4 Å². The highest BCUT2D eigenvalue weighted by atomic mass is 32.2. The minimum Gasteiger partial charge on any atom is -0.396 e. The van der Waals surface area contributed by atoms with Crippen molar-refractivity contribution < 1.29 is 27.2 Å². The number of fused-ring (bicyclic) bond motifs is 2. The van der Waals surface area contributed by atoms with Gasteiger partial charge in [0.2, 0.25) is 0 Å². The average Bonchev–Trinajstić information content (AvgIpc) is 3.07. The molecule has 0 radical (unpaired) electrons. The van der Waals surface area contributed by atoms with Crippen LogP contribution in [0.1, 0.15) is 0 Å². The van der Waals surface area contributed by atoms with Crippen LogP contribution in [-0.2, 0) is 19.5 Å². The topological polar surface area (TPSA) is 184 Å². The Hall–Kier alpha value is -5.38. The van der Waals surface area contributed by atoms with E-state index < -0.39 is 10.1 Å². The Balaban J connectivity index is 1.20. The summed E-state index contributed by atoms with van der Waals surface area (Å²) in [4.78, 5) is 4.87. The van der Waals surface area contributed by atoms with E-state index in [1.165, 1.54) is 6.07 Å². The number of nitrogens with zero attached hydrogens (tertiary/aromatic N) is 4. The maximum absolute atomic E-state index is 12.0. The minimum atomic E-state index is -4.52. The Bertz CT molecular complexity index is 2240. The van der Waals surface area contributed by atoms with Crippen LogP contribution in [0.5, 0.6) is 5.75 Å². The van der Waals surface area contributed by atoms with Gasteiger partial charge in [-0.1, -0.05) is 72.8 Å². The fraction of sp³-hybridized carbons (Fsp3) is 0. The molecule has 0 aromatic heterocycles. The van der Waals surface area contributed by atoms with Crippen molar-refractivity contribution in [3.8, 4) is 16.9 Å². The standard InChI is InChI=1S/C32H24N6O6S2/c33-31-25-7-3-1-5-23(25)29(42-43-44-45)17-27(31)37-35-21-13-9-19(10-14-21)20-11-15-22(16-12-20)36-38-28-18-30(46(39,40)41)24-6-2-4-8-26(24)32(28)34/h1-18,45H,33-34H2,(H,39,40,41). The lowest BCUT2D eigenvalue weighted by molar-refractivity contribution is -0.401. The van der Waals surface area contributed by atoms with Crippen molar-refractivity contribution in [2.24, 2.45) is 20.5 Å². The number of nitrogens with two attached hydrogens (primary N) is 2. The van der Waals surface area contributed by atoms with E-state index in [0.29, 0.717) is 50.0 Å². The molecule has 0 heterocycles. The summed E-state index contributed by atoms with van der Waals surface area (Å²) in [7, 11) is -4.52. The Labute approximate surface area is 268 Å². The van der Waals surface area contributed by atoms with Gasteiger partial charge in [-0.2, -0.15) is 18.6 Å². The van der Waals surface area contributed by atoms with E-state index in [1.54, 1.807) is 42.5 Å². The molecular weight excluding hydrogens is 629 g/mol. The maximum atomic E-state index is 12.0. The van der Waals surface area contributed by atoms with Crippen LogP contribution in [0.2, 0.25) is 0 Å². The molecule has 12 nitrogen and oxygen atoms in total. The monoisotopic (exact) mass is 652 g/mol. The molecule has 6 aromatic rings. The van der Waals surface area contributed by atoms with Crippen LogP contribution in [0.4, 0.5) is 34.1 Å². The molecule has 0 unspecified atom stereocenters. The first-order chi connectivity index (χ1) is 22.2. The molecule has 0 spiro atoms. The van der Waals surface area contributed by atoms with E-state index in [-0.39, 0.29) is 16.3 Å². The van der Waals surface area contributed by atoms with Crippen molar-refractivity contribution in [2.45, 2.75) is 4.90 Å². The lowest BCUT2D eigenvalue weighted by Crippen LogP contribution is -2.01. The molecule has 14 heteroatoms. The van der Waals surface area contributed by atoms with Gasteiger partial charge in [-0.3, -0.25) is 4.55 Å². The number of thiol groups is 1. The normalized spacial score (nSPS) is 12.0. The third-order valence-corrected chi connectivity index (χ3v) is 8.05. The molecule has 6 aromatic carbocycles. The molecule has 0 aliphatic carbocycles. The third kappa shape index (κ3) is 6.37. The summed E-state index contributed by atoms with van der Waals surface area (Å²) >= 11 is 3.52. The van der Waals surface area contributed by atoms with Gasteiger partial charge in [0, 0.05) is 40.5 Å². The smallest absolute Gasteiger partial charge is 0.295 e. The van der Waals surface area contributed by atoms with Crippen molar-refractivity contribution in [2.75, 3.05) is 11.5 Å². The highest BCUT2D eigenvalue weighted by Crippen LogP contribution is 2.39. The van der Waals surface area contributed by atoms with Crippen LogP contribution >= 0.6 is 12.9 Å². The van der Waals surface area contributed by atoms with Crippen molar-refractivity contribution >= 4 is 78.7 Å². The van der Waals surface area contributed by atoms with Crippen molar-refractivity contribution in [1.82, 2.24) is 0 Å². The lowest BCUT2D eigenvalue weighted by Gasteiger charge is -2.09. The molecule has 0 saturated heterocycles.